The van der Waals surface area contributed by atoms with Crippen LogP contribution in [0.5, 0.6) is 5.75 Å². The molecule has 166 valence electrons. The molecular weight excluding hydrogens is 549 g/mol. The maximum atomic E-state index is 12.6. The van der Waals surface area contributed by atoms with Gasteiger partial charge in [-0.2, -0.15) is 8.78 Å². The van der Waals surface area contributed by atoms with Gasteiger partial charge in [0.2, 0.25) is 5.91 Å². The summed E-state index contributed by atoms with van der Waals surface area (Å²) in [5.74, 6) is 0.275. The normalized spacial score (nSPS) is 11.1. The van der Waals surface area contributed by atoms with Crippen molar-refractivity contribution in [2.45, 2.75) is 19.6 Å². The van der Waals surface area contributed by atoms with Gasteiger partial charge in [0.15, 0.2) is 5.96 Å². The Balaban J connectivity index is 0.00000450. The quantitative estimate of drug-likeness (QED) is 0.271. The first-order valence-electron chi connectivity index (χ1n) is 8.83. The second-order valence-electron chi connectivity index (χ2n) is 6.19. The number of nitrogens with zero attached hydrogens (tertiary/aromatic N) is 2. The van der Waals surface area contributed by atoms with Gasteiger partial charge in [-0.1, -0.05) is 17.7 Å². The Kier molecular flexibility index (Phi) is 12.0. The molecule has 2 aromatic rings. The van der Waals surface area contributed by atoms with E-state index in [0.717, 1.165) is 6.42 Å². The van der Waals surface area contributed by atoms with Gasteiger partial charge in [-0.05, 0) is 36.1 Å². The number of alkyl halides is 2. The van der Waals surface area contributed by atoms with Crippen molar-refractivity contribution in [3.05, 3.63) is 51.2 Å². The summed E-state index contributed by atoms with van der Waals surface area (Å²) in [5, 5.41) is 8.50. The van der Waals surface area contributed by atoms with Gasteiger partial charge in [-0.3, -0.25) is 4.79 Å². The van der Waals surface area contributed by atoms with E-state index in [4.69, 9.17) is 11.6 Å². The van der Waals surface area contributed by atoms with Gasteiger partial charge < -0.3 is 20.3 Å². The second kappa shape index (κ2) is 13.6. The molecular formula is C19H24ClF2IN4O2S. The Hall–Kier alpha value is -1.66. The molecule has 1 aromatic heterocycles. The number of carbonyl (C=O) groups excluding carboxylic acids is 1. The van der Waals surface area contributed by atoms with Gasteiger partial charge >= 0.3 is 6.61 Å². The first-order chi connectivity index (χ1) is 13.8. The highest BCUT2D eigenvalue weighted by molar-refractivity contribution is 14.0. The number of aliphatic imine (C=N–C) groups is 1. The predicted octanol–water partition coefficient (Wildman–Crippen LogP) is 3.99. The van der Waals surface area contributed by atoms with E-state index in [1.54, 1.807) is 25.4 Å². The van der Waals surface area contributed by atoms with Gasteiger partial charge in [-0.15, -0.1) is 35.3 Å². The summed E-state index contributed by atoms with van der Waals surface area (Å²) in [6.45, 7) is -2.25. The molecule has 0 atom stereocenters. The van der Waals surface area contributed by atoms with Crippen molar-refractivity contribution in [1.82, 2.24) is 15.5 Å². The fraction of sp³-hybridized carbons (Fsp3) is 0.368. The molecule has 2 rings (SSSR count). The number of guanidine groups is 1. The van der Waals surface area contributed by atoms with Crippen molar-refractivity contribution in [2.75, 3.05) is 27.2 Å². The van der Waals surface area contributed by atoms with Crippen molar-refractivity contribution < 1.29 is 18.3 Å². The van der Waals surface area contributed by atoms with Gasteiger partial charge in [-0.25, -0.2) is 4.99 Å². The number of halogens is 4. The summed E-state index contributed by atoms with van der Waals surface area (Å²) in [6, 6.07) is 8.39. The van der Waals surface area contributed by atoms with Gasteiger partial charge in [0.1, 0.15) is 5.75 Å². The zero-order valence-corrected chi connectivity index (χ0v) is 20.4. The minimum absolute atomic E-state index is 0. The zero-order valence-electron chi connectivity index (χ0n) is 16.5. The molecule has 0 saturated carbocycles. The van der Waals surface area contributed by atoms with Gasteiger partial charge in [0.05, 0.1) is 13.1 Å². The lowest BCUT2D eigenvalue weighted by molar-refractivity contribution is -0.127. The average molecular weight is 573 g/mol. The van der Waals surface area contributed by atoms with Crippen LogP contribution in [0.4, 0.5) is 8.78 Å². The third-order valence-corrected chi connectivity index (χ3v) is 4.97. The van der Waals surface area contributed by atoms with Crippen LogP contribution in [0.1, 0.15) is 10.4 Å². The number of amides is 1. The summed E-state index contributed by atoms with van der Waals surface area (Å²) in [7, 11) is 3.32. The first-order valence-corrected chi connectivity index (χ1v) is 10.1. The van der Waals surface area contributed by atoms with Crippen LogP contribution in [0.2, 0.25) is 5.02 Å². The van der Waals surface area contributed by atoms with Crippen LogP contribution >= 0.6 is 46.9 Å². The number of thiophene rings is 1. The molecule has 0 fully saturated rings. The molecule has 1 heterocycles. The number of likely N-dealkylation sites (N-methyl/N-ethyl adjacent to an activating group) is 1. The molecule has 2 N–H and O–H groups in total. The average Bonchev–Trinajstić information content (AvgIpc) is 3.18. The minimum atomic E-state index is -2.95. The van der Waals surface area contributed by atoms with Crippen molar-refractivity contribution in [2.24, 2.45) is 4.99 Å². The van der Waals surface area contributed by atoms with Crippen LogP contribution in [0.3, 0.4) is 0 Å². The molecule has 1 aromatic carbocycles. The first kappa shape index (κ1) is 26.4. The molecule has 0 aliphatic carbocycles. The molecule has 0 bridgehead atoms. The highest BCUT2D eigenvalue weighted by Gasteiger charge is 2.11. The SMILES string of the molecule is CN(C)C(=O)CNC(=NCc1cc(Cl)ccc1OC(F)F)NCCc1cccs1.I. The highest BCUT2D eigenvalue weighted by atomic mass is 127. The van der Waals surface area contributed by atoms with Gasteiger partial charge in [0, 0.05) is 36.1 Å². The van der Waals surface area contributed by atoms with Crippen molar-refractivity contribution in [3.63, 3.8) is 0 Å². The van der Waals surface area contributed by atoms with Gasteiger partial charge in [0.25, 0.3) is 0 Å². The molecule has 30 heavy (non-hydrogen) atoms. The van der Waals surface area contributed by atoms with E-state index >= 15 is 0 Å². The van der Waals surface area contributed by atoms with Crippen LogP contribution in [0.15, 0.2) is 40.7 Å². The third-order valence-electron chi connectivity index (χ3n) is 3.80. The molecule has 0 radical (unpaired) electrons. The Labute approximate surface area is 200 Å². The summed E-state index contributed by atoms with van der Waals surface area (Å²) in [5.41, 5.74) is 0.413. The summed E-state index contributed by atoms with van der Waals surface area (Å²) < 4.78 is 29.8. The summed E-state index contributed by atoms with van der Waals surface area (Å²) >= 11 is 7.63. The number of hydrogen-bond donors (Lipinski definition) is 2. The number of rotatable bonds is 9. The number of carbonyl (C=O) groups is 1. The Morgan fingerprint density at radius 3 is 2.70 bits per heavy atom. The fourth-order valence-electron chi connectivity index (χ4n) is 2.30. The molecule has 6 nitrogen and oxygen atoms in total. The van der Waals surface area contributed by atoms with E-state index in [1.165, 1.54) is 28.0 Å². The monoisotopic (exact) mass is 572 g/mol. The minimum Gasteiger partial charge on any atom is -0.434 e. The Morgan fingerprint density at radius 2 is 2.07 bits per heavy atom. The molecule has 0 aliphatic heterocycles. The molecule has 0 unspecified atom stereocenters. The third kappa shape index (κ3) is 9.43. The van der Waals surface area contributed by atoms with Crippen molar-refractivity contribution in [1.29, 1.82) is 0 Å². The number of hydrogen-bond acceptors (Lipinski definition) is 4. The Bertz CT molecular complexity index is 823. The molecule has 0 saturated heterocycles. The predicted molar refractivity (Wildman–Crippen MR) is 127 cm³/mol. The van der Waals surface area contributed by atoms with E-state index in [-0.39, 0.29) is 48.7 Å². The van der Waals surface area contributed by atoms with E-state index < -0.39 is 6.61 Å². The maximum Gasteiger partial charge on any atom is 0.387 e. The molecule has 0 spiro atoms. The van der Waals surface area contributed by atoms with Crippen LogP contribution in [0.25, 0.3) is 0 Å². The van der Waals surface area contributed by atoms with E-state index in [0.29, 0.717) is 23.1 Å². The standard InChI is InChI=1S/C19H23ClF2N4O2S.HI/c1-26(2)17(27)12-25-19(23-8-7-15-4-3-9-29-15)24-11-13-10-14(20)5-6-16(13)28-18(21)22;/h3-6,9-10,18H,7-8,11-12H2,1-2H3,(H2,23,24,25);1H. The molecule has 0 aliphatic rings. The number of ether oxygens (including phenoxy) is 1. The fourth-order valence-corrected chi connectivity index (χ4v) is 3.20. The van der Waals surface area contributed by atoms with Crippen LogP contribution in [-0.2, 0) is 17.8 Å². The molecule has 1 amide bonds. The lowest BCUT2D eigenvalue weighted by Gasteiger charge is -2.15. The number of nitrogens with one attached hydrogen (secondary N) is 2. The van der Waals surface area contributed by atoms with Crippen molar-refractivity contribution >= 4 is 58.8 Å². The zero-order chi connectivity index (χ0) is 21.2. The van der Waals surface area contributed by atoms with E-state index in [1.807, 2.05) is 17.5 Å². The lowest BCUT2D eigenvalue weighted by Crippen LogP contribution is -2.43. The van der Waals surface area contributed by atoms with Crippen LogP contribution in [0, 0.1) is 0 Å². The summed E-state index contributed by atoms with van der Waals surface area (Å²) in [6.07, 6.45) is 0.789. The van der Waals surface area contributed by atoms with Crippen LogP contribution in [-0.4, -0.2) is 50.6 Å². The highest BCUT2D eigenvalue weighted by Crippen LogP contribution is 2.25. The lowest BCUT2D eigenvalue weighted by atomic mass is 10.2. The molecule has 11 heteroatoms. The maximum absolute atomic E-state index is 12.6. The van der Waals surface area contributed by atoms with E-state index in [2.05, 4.69) is 20.4 Å². The largest absolute Gasteiger partial charge is 0.434 e. The number of benzene rings is 1. The van der Waals surface area contributed by atoms with E-state index in [9.17, 15) is 13.6 Å². The second-order valence-corrected chi connectivity index (χ2v) is 7.66. The Morgan fingerprint density at radius 1 is 1.30 bits per heavy atom. The van der Waals surface area contributed by atoms with Crippen LogP contribution < -0.4 is 15.4 Å². The smallest absolute Gasteiger partial charge is 0.387 e. The summed E-state index contributed by atoms with van der Waals surface area (Å²) in [4.78, 5) is 18.9. The van der Waals surface area contributed by atoms with Crippen molar-refractivity contribution in [3.8, 4) is 5.75 Å². The topological polar surface area (TPSA) is 66.0 Å².